The molecule has 0 bridgehead atoms. The van der Waals surface area contributed by atoms with Crippen molar-refractivity contribution in [1.82, 2.24) is 5.32 Å². The molecular weight excluding hydrogens is 290 g/mol. The Bertz CT molecular complexity index is 633. The molecule has 0 aromatic heterocycles. The van der Waals surface area contributed by atoms with E-state index in [4.69, 9.17) is 21.1 Å². The molecule has 0 radical (unpaired) electrons. The molecule has 0 amide bonds. The molecule has 0 aliphatic carbocycles. The Labute approximate surface area is 128 Å². The number of halogens is 1. The van der Waals surface area contributed by atoms with E-state index in [-0.39, 0.29) is 11.9 Å². The highest BCUT2D eigenvalue weighted by atomic mass is 35.5. The lowest BCUT2D eigenvalue weighted by Crippen LogP contribution is -2.38. The SMILES string of the molecule is Oc1ccc(Cl)cc1CNCC1COc2ccccc2O1. The Morgan fingerprint density at radius 2 is 2.00 bits per heavy atom. The van der Waals surface area contributed by atoms with E-state index >= 15 is 0 Å². The van der Waals surface area contributed by atoms with Crippen LogP contribution in [0.3, 0.4) is 0 Å². The Balaban J connectivity index is 1.54. The summed E-state index contributed by atoms with van der Waals surface area (Å²) in [5.74, 6) is 1.78. The van der Waals surface area contributed by atoms with Crippen molar-refractivity contribution in [2.75, 3.05) is 13.2 Å². The number of ether oxygens (including phenoxy) is 2. The number of phenolic OH excluding ortho intramolecular Hbond substituents is 1. The van der Waals surface area contributed by atoms with Crippen LogP contribution in [0, 0.1) is 0 Å². The number of hydrogen-bond acceptors (Lipinski definition) is 4. The van der Waals surface area contributed by atoms with Crippen LogP contribution in [0.2, 0.25) is 5.02 Å². The topological polar surface area (TPSA) is 50.7 Å². The zero-order valence-electron chi connectivity index (χ0n) is 11.4. The molecule has 3 rings (SSSR count). The van der Waals surface area contributed by atoms with Gasteiger partial charge in [-0.25, -0.2) is 0 Å². The third-order valence-electron chi connectivity index (χ3n) is 3.30. The highest BCUT2D eigenvalue weighted by molar-refractivity contribution is 6.30. The number of para-hydroxylation sites is 2. The maximum Gasteiger partial charge on any atom is 0.161 e. The summed E-state index contributed by atoms with van der Waals surface area (Å²) in [7, 11) is 0. The Morgan fingerprint density at radius 3 is 2.86 bits per heavy atom. The minimum atomic E-state index is -0.0544. The molecule has 5 heteroatoms. The highest BCUT2D eigenvalue weighted by Gasteiger charge is 2.20. The number of phenols is 1. The molecule has 2 aromatic rings. The summed E-state index contributed by atoms with van der Waals surface area (Å²) in [6.45, 7) is 1.65. The normalized spacial score (nSPS) is 16.7. The number of fused-ring (bicyclic) bond motifs is 1. The van der Waals surface area contributed by atoms with Gasteiger partial charge in [-0.05, 0) is 30.3 Å². The first-order valence-corrected chi connectivity index (χ1v) is 7.17. The molecule has 4 nitrogen and oxygen atoms in total. The van der Waals surface area contributed by atoms with Gasteiger partial charge in [0.25, 0.3) is 0 Å². The lowest BCUT2D eigenvalue weighted by molar-refractivity contribution is 0.0902. The van der Waals surface area contributed by atoms with Crippen LogP contribution in [-0.2, 0) is 6.54 Å². The third kappa shape index (κ3) is 3.40. The van der Waals surface area contributed by atoms with Crippen molar-refractivity contribution in [1.29, 1.82) is 0 Å². The number of hydrogen-bond donors (Lipinski definition) is 2. The highest BCUT2D eigenvalue weighted by Crippen LogP contribution is 2.30. The van der Waals surface area contributed by atoms with Gasteiger partial charge < -0.3 is 19.9 Å². The number of rotatable bonds is 4. The van der Waals surface area contributed by atoms with Gasteiger partial charge in [0.05, 0.1) is 0 Å². The van der Waals surface area contributed by atoms with Gasteiger partial charge in [0.15, 0.2) is 11.5 Å². The van der Waals surface area contributed by atoms with Crippen molar-refractivity contribution in [2.24, 2.45) is 0 Å². The second-order valence-corrected chi connectivity index (χ2v) is 5.34. The summed E-state index contributed by atoms with van der Waals surface area (Å²) < 4.78 is 11.5. The average molecular weight is 306 g/mol. The number of benzene rings is 2. The first-order chi connectivity index (χ1) is 10.2. The molecule has 1 aliphatic rings. The van der Waals surface area contributed by atoms with Crippen LogP contribution >= 0.6 is 11.6 Å². The van der Waals surface area contributed by atoms with Crippen LogP contribution < -0.4 is 14.8 Å². The molecule has 21 heavy (non-hydrogen) atoms. The van der Waals surface area contributed by atoms with Crippen LogP contribution in [0.15, 0.2) is 42.5 Å². The fraction of sp³-hybridized carbons (Fsp3) is 0.250. The van der Waals surface area contributed by atoms with Crippen LogP contribution in [-0.4, -0.2) is 24.4 Å². The minimum absolute atomic E-state index is 0.0544. The van der Waals surface area contributed by atoms with Crippen molar-refractivity contribution in [2.45, 2.75) is 12.6 Å². The Kier molecular flexibility index (Phi) is 4.18. The van der Waals surface area contributed by atoms with Gasteiger partial charge in [-0.15, -0.1) is 0 Å². The average Bonchev–Trinajstić information content (AvgIpc) is 2.50. The number of aromatic hydroxyl groups is 1. The summed E-state index contributed by atoms with van der Waals surface area (Å²) in [5.41, 5.74) is 0.764. The maximum absolute atomic E-state index is 9.75. The largest absolute Gasteiger partial charge is 0.508 e. The van der Waals surface area contributed by atoms with Crippen molar-refractivity contribution in [3.63, 3.8) is 0 Å². The van der Waals surface area contributed by atoms with E-state index in [1.54, 1.807) is 18.2 Å². The van der Waals surface area contributed by atoms with Gasteiger partial charge in [-0.3, -0.25) is 0 Å². The molecular formula is C16H16ClNO3. The zero-order chi connectivity index (χ0) is 14.7. The van der Waals surface area contributed by atoms with Crippen molar-refractivity contribution in [3.8, 4) is 17.2 Å². The molecule has 1 heterocycles. The number of nitrogens with one attached hydrogen (secondary N) is 1. The standard InChI is InChI=1S/C16H16ClNO3/c17-12-5-6-14(19)11(7-12)8-18-9-13-10-20-15-3-1-2-4-16(15)21-13/h1-7,13,18-19H,8-10H2. The fourth-order valence-corrected chi connectivity index (χ4v) is 2.42. The van der Waals surface area contributed by atoms with E-state index in [1.807, 2.05) is 24.3 Å². The molecule has 0 fully saturated rings. The molecule has 0 saturated heterocycles. The van der Waals surface area contributed by atoms with Gasteiger partial charge in [0, 0.05) is 23.7 Å². The van der Waals surface area contributed by atoms with Gasteiger partial charge in [-0.1, -0.05) is 23.7 Å². The first kappa shape index (κ1) is 14.0. The molecule has 110 valence electrons. The van der Waals surface area contributed by atoms with E-state index < -0.39 is 0 Å². The molecule has 0 spiro atoms. The van der Waals surface area contributed by atoms with Crippen LogP contribution in [0.4, 0.5) is 0 Å². The third-order valence-corrected chi connectivity index (χ3v) is 3.53. The van der Waals surface area contributed by atoms with E-state index in [0.29, 0.717) is 24.7 Å². The smallest absolute Gasteiger partial charge is 0.161 e. The molecule has 1 aliphatic heterocycles. The molecule has 2 N–H and O–H groups in total. The summed E-state index contributed by atoms with van der Waals surface area (Å²) in [4.78, 5) is 0. The van der Waals surface area contributed by atoms with Gasteiger partial charge in [-0.2, -0.15) is 0 Å². The predicted octanol–water partition coefficient (Wildman–Crippen LogP) is 2.98. The fourth-order valence-electron chi connectivity index (χ4n) is 2.23. The van der Waals surface area contributed by atoms with Gasteiger partial charge in [0.1, 0.15) is 18.5 Å². The predicted molar refractivity (Wildman–Crippen MR) is 81.2 cm³/mol. The van der Waals surface area contributed by atoms with E-state index in [0.717, 1.165) is 17.1 Å². The van der Waals surface area contributed by atoms with Crippen molar-refractivity contribution >= 4 is 11.6 Å². The van der Waals surface area contributed by atoms with E-state index in [9.17, 15) is 5.11 Å². The van der Waals surface area contributed by atoms with Crippen LogP contribution in [0.5, 0.6) is 17.2 Å². The van der Waals surface area contributed by atoms with Crippen LogP contribution in [0.1, 0.15) is 5.56 Å². The molecule has 2 aromatic carbocycles. The van der Waals surface area contributed by atoms with Crippen LogP contribution in [0.25, 0.3) is 0 Å². The second-order valence-electron chi connectivity index (χ2n) is 4.90. The maximum atomic E-state index is 9.75. The molecule has 1 atom stereocenters. The lowest BCUT2D eigenvalue weighted by atomic mass is 10.2. The zero-order valence-corrected chi connectivity index (χ0v) is 12.1. The van der Waals surface area contributed by atoms with Gasteiger partial charge >= 0.3 is 0 Å². The molecule has 0 saturated carbocycles. The lowest BCUT2D eigenvalue weighted by Gasteiger charge is -2.26. The Hall–Kier alpha value is -1.91. The molecule has 1 unspecified atom stereocenters. The summed E-state index contributed by atoms with van der Waals surface area (Å²) in [6.07, 6.45) is -0.0544. The first-order valence-electron chi connectivity index (χ1n) is 6.79. The van der Waals surface area contributed by atoms with E-state index in [1.165, 1.54) is 0 Å². The Morgan fingerprint density at radius 1 is 1.19 bits per heavy atom. The second kappa shape index (κ2) is 6.24. The minimum Gasteiger partial charge on any atom is -0.508 e. The quantitative estimate of drug-likeness (QED) is 0.912. The summed E-state index contributed by atoms with van der Waals surface area (Å²) >= 11 is 5.92. The monoisotopic (exact) mass is 305 g/mol. The summed E-state index contributed by atoms with van der Waals surface area (Å²) in [5, 5.41) is 13.6. The van der Waals surface area contributed by atoms with Crippen molar-refractivity contribution in [3.05, 3.63) is 53.1 Å². The van der Waals surface area contributed by atoms with Gasteiger partial charge in [0.2, 0.25) is 0 Å². The van der Waals surface area contributed by atoms with E-state index in [2.05, 4.69) is 5.32 Å². The summed E-state index contributed by atoms with van der Waals surface area (Å²) in [6, 6.07) is 12.6. The van der Waals surface area contributed by atoms with Crippen molar-refractivity contribution < 1.29 is 14.6 Å².